The molecule has 0 bridgehead atoms. The number of aryl methyl sites for hydroxylation is 1. The van der Waals surface area contributed by atoms with E-state index in [-0.39, 0.29) is 11.8 Å². The first-order valence-electron chi connectivity index (χ1n) is 12.3. The maximum absolute atomic E-state index is 12.9. The molecule has 1 aliphatic heterocycles. The molecule has 0 spiro atoms. The minimum Gasteiger partial charge on any atom is -0.368 e. The van der Waals surface area contributed by atoms with Crippen LogP contribution in [-0.4, -0.2) is 53.6 Å². The number of halogens is 1. The Morgan fingerprint density at radius 3 is 2.39 bits per heavy atom. The highest BCUT2D eigenvalue weighted by atomic mass is 79.9. The second-order valence-corrected chi connectivity index (χ2v) is 12.0. The van der Waals surface area contributed by atoms with Gasteiger partial charge in [-0.1, -0.05) is 58.0 Å². The average Bonchev–Trinajstić information content (AvgIpc) is 3.42. The molecule has 1 aliphatic rings. The van der Waals surface area contributed by atoms with Gasteiger partial charge in [0.1, 0.15) is 0 Å². The third-order valence-electron chi connectivity index (χ3n) is 6.41. The van der Waals surface area contributed by atoms with E-state index in [4.69, 9.17) is 0 Å². The van der Waals surface area contributed by atoms with Crippen molar-refractivity contribution in [2.45, 2.75) is 11.3 Å². The van der Waals surface area contributed by atoms with Crippen molar-refractivity contribution in [1.82, 2.24) is 9.88 Å². The maximum Gasteiger partial charge on any atom is 0.254 e. The molecule has 9 heteroatoms. The fourth-order valence-corrected chi connectivity index (χ4v) is 6.21. The number of amides is 2. The van der Waals surface area contributed by atoms with Crippen LogP contribution >= 0.6 is 39.0 Å². The second-order valence-electron chi connectivity index (χ2n) is 8.98. The van der Waals surface area contributed by atoms with Gasteiger partial charge in [-0.05, 0) is 55.0 Å². The topological polar surface area (TPSA) is 65.5 Å². The molecule has 0 aliphatic carbocycles. The van der Waals surface area contributed by atoms with Crippen molar-refractivity contribution >= 4 is 62.2 Å². The number of piperazine rings is 1. The predicted octanol–water partition coefficient (Wildman–Crippen LogP) is 6.57. The summed E-state index contributed by atoms with van der Waals surface area (Å²) >= 11 is 6.44. The maximum atomic E-state index is 12.9. The Morgan fingerprint density at radius 2 is 1.68 bits per heavy atom. The van der Waals surface area contributed by atoms with Crippen LogP contribution in [0.3, 0.4) is 0 Å². The van der Waals surface area contributed by atoms with Gasteiger partial charge < -0.3 is 15.1 Å². The van der Waals surface area contributed by atoms with Gasteiger partial charge in [0.2, 0.25) is 5.91 Å². The lowest BCUT2D eigenvalue weighted by molar-refractivity contribution is -0.113. The average molecular weight is 608 g/mol. The highest BCUT2D eigenvalue weighted by molar-refractivity contribution is 9.10. The second kappa shape index (κ2) is 12.1. The van der Waals surface area contributed by atoms with Crippen molar-refractivity contribution in [1.29, 1.82) is 0 Å². The molecule has 5 rings (SSSR count). The largest absolute Gasteiger partial charge is 0.368 e. The number of hydrogen-bond acceptors (Lipinski definition) is 6. The first-order chi connectivity index (χ1) is 18.5. The normalized spacial score (nSPS) is 13.4. The van der Waals surface area contributed by atoms with Crippen LogP contribution in [0.25, 0.3) is 11.3 Å². The summed E-state index contributed by atoms with van der Waals surface area (Å²) in [4.78, 5) is 34.3. The fourth-order valence-electron chi connectivity index (χ4n) is 4.31. The lowest BCUT2D eigenvalue weighted by Crippen LogP contribution is -2.48. The number of carbonyl (C=O) groups excluding carboxylic acids is 2. The molecule has 6 nitrogen and oxygen atoms in total. The Balaban J connectivity index is 1.09. The first-order valence-corrected chi connectivity index (χ1v) is 15.0. The molecule has 4 aromatic rings. The van der Waals surface area contributed by atoms with E-state index < -0.39 is 0 Å². The summed E-state index contributed by atoms with van der Waals surface area (Å²) in [6, 6.07) is 23.7. The van der Waals surface area contributed by atoms with Gasteiger partial charge in [-0.3, -0.25) is 9.59 Å². The Kier molecular flexibility index (Phi) is 8.46. The van der Waals surface area contributed by atoms with Crippen molar-refractivity contribution in [3.63, 3.8) is 0 Å². The minimum atomic E-state index is -0.0635. The highest BCUT2D eigenvalue weighted by Crippen LogP contribution is 2.29. The van der Waals surface area contributed by atoms with Crippen molar-refractivity contribution in [2.75, 3.05) is 42.1 Å². The van der Waals surface area contributed by atoms with Crippen molar-refractivity contribution in [3.8, 4) is 11.3 Å². The molecule has 38 heavy (non-hydrogen) atoms. The van der Waals surface area contributed by atoms with Crippen molar-refractivity contribution in [2.24, 2.45) is 0 Å². The van der Waals surface area contributed by atoms with Gasteiger partial charge in [0.25, 0.3) is 5.91 Å². The van der Waals surface area contributed by atoms with Crippen molar-refractivity contribution < 1.29 is 9.59 Å². The summed E-state index contributed by atoms with van der Waals surface area (Å²) < 4.78 is 1.90. The van der Waals surface area contributed by atoms with E-state index in [9.17, 15) is 9.59 Å². The zero-order chi connectivity index (χ0) is 26.5. The van der Waals surface area contributed by atoms with E-state index >= 15 is 0 Å². The van der Waals surface area contributed by atoms with Gasteiger partial charge in [-0.25, -0.2) is 4.98 Å². The summed E-state index contributed by atoms with van der Waals surface area (Å²) in [6.45, 7) is 4.89. The van der Waals surface area contributed by atoms with E-state index in [0.29, 0.717) is 18.8 Å². The number of nitrogens with one attached hydrogen (secondary N) is 1. The van der Waals surface area contributed by atoms with Gasteiger partial charge in [0.15, 0.2) is 4.34 Å². The standard InChI is InChI=1S/C29H27BrN4O2S2/c1-20-4-2-3-5-25(20)28(36)34-16-14-33(15-17-34)24-12-10-23(11-13-24)31-27(35)19-38-29-32-26(18-37-29)21-6-8-22(30)9-7-21/h2-13,18H,14-17,19H2,1H3,(H,31,35). The number of benzene rings is 3. The summed E-state index contributed by atoms with van der Waals surface area (Å²) in [5.41, 5.74) is 5.61. The van der Waals surface area contributed by atoms with Crippen LogP contribution in [-0.2, 0) is 4.79 Å². The zero-order valence-corrected chi connectivity index (χ0v) is 24.1. The van der Waals surface area contributed by atoms with E-state index in [0.717, 1.165) is 55.7 Å². The Morgan fingerprint density at radius 1 is 0.974 bits per heavy atom. The summed E-state index contributed by atoms with van der Waals surface area (Å²) in [6.07, 6.45) is 0. The molecular formula is C29H27BrN4O2S2. The van der Waals surface area contributed by atoms with Crippen LogP contribution in [0, 0.1) is 6.92 Å². The molecule has 0 radical (unpaired) electrons. The van der Waals surface area contributed by atoms with Crippen LogP contribution in [0.2, 0.25) is 0 Å². The fraction of sp³-hybridized carbons (Fsp3) is 0.207. The minimum absolute atomic E-state index is 0.0635. The van der Waals surface area contributed by atoms with Gasteiger partial charge in [-0.2, -0.15) is 0 Å². The SMILES string of the molecule is Cc1ccccc1C(=O)N1CCN(c2ccc(NC(=O)CSc3nc(-c4ccc(Br)cc4)cs3)cc2)CC1. The van der Waals surface area contributed by atoms with Gasteiger partial charge in [0, 0.05) is 58.5 Å². The number of nitrogens with zero attached hydrogens (tertiary/aromatic N) is 3. The molecular weight excluding hydrogens is 580 g/mol. The van der Waals surface area contributed by atoms with E-state index in [1.165, 1.54) is 11.8 Å². The smallest absolute Gasteiger partial charge is 0.254 e. The summed E-state index contributed by atoms with van der Waals surface area (Å²) in [5.74, 6) is 0.332. The third-order valence-corrected chi connectivity index (χ3v) is 8.96. The molecule has 0 unspecified atom stereocenters. The number of aromatic nitrogens is 1. The highest BCUT2D eigenvalue weighted by Gasteiger charge is 2.23. The van der Waals surface area contributed by atoms with Crippen LogP contribution in [0.1, 0.15) is 15.9 Å². The number of rotatable bonds is 7. The molecule has 194 valence electrons. The number of thiazole rings is 1. The van der Waals surface area contributed by atoms with Crippen LogP contribution < -0.4 is 10.2 Å². The summed E-state index contributed by atoms with van der Waals surface area (Å²) in [7, 11) is 0. The van der Waals surface area contributed by atoms with E-state index in [1.54, 1.807) is 11.3 Å². The Hall–Kier alpha value is -3.14. The quantitative estimate of drug-likeness (QED) is 0.241. The Labute approximate surface area is 239 Å². The molecule has 2 heterocycles. The van der Waals surface area contributed by atoms with E-state index in [2.05, 4.69) is 31.1 Å². The first kappa shape index (κ1) is 26.5. The molecule has 0 saturated carbocycles. The van der Waals surface area contributed by atoms with E-state index in [1.807, 2.05) is 90.0 Å². The molecule has 1 aromatic heterocycles. The van der Waals surface area contributed by atoms with Gasteiger partial charge in [0.05, 0.1) is 11.4 Å². The van der Waals surface area contributed by atoms with Crippen LogP contribution in [0.4, 0.5) is 11.4 Å². The molecule has 1 fully saturated rings. The molecule has 1 saturated heterocycles. The van der Waals surface area contributed by atoms with Crippen LogP contribution in [0.5, 0.6) is 0 Å². The van der Waals surface area contributed by atoms with Crippen LogP contribution in [0.15, 0.2) is 87.0 Å². The Bertz CT molecular complexity index is 1420. The summed E-state index contributed by atoms with van der Waals surface area (Å²) in [5, 5.41) is 4.99. The third kappa shape index (κ3) is 6.46. The lowest BCUT2D eigenvalue weighted by atomic mass is 10.1. The van der Waals surface area contributed by atoms with Gasteiger partial charge >= 0.3 is 0 Å². The molecule has 1 N–H and O–H groups in total. The van der Waals surface area contributed by atoms with Gasteiger partial charge in [-0.15, -0.1) is 11.3 Å². The molecule has 0 atom stereocenters. The molecule has 2 amide bonds. The van der Waals surface area contributed by atoms with Crippen molar-refractivity contribution in [3.05, 3.63) is 93.8 Å². The lowest BCUT2D eigenvalue weighted by Gasteiger charge is -2.36. The molecule has 3 aromatic carbocycles. The number of thioether (sulfide) groups is 1. The monoisotopic (exact) mass is 606 g/mol. The predicted molar refractivity (Wildman–Crippen MR) is 160 cm³/mol. The number of anilines is 2. The zero-order valence-electron chi connectivity index (χ0n) is 20.9. The number of carbonyl (C=O) groups is 2. The number of hydrogen-bond donors (Lipinski definition) is 1.